The molecule has 0 saturated carbocycles. The maximum atomic E-state index is 10.5. The van der Waals surface area contributed by atoms with Gasteiger partial charge in [0.25, 0.3) is 0 Å². The molecule has 0 bridgehead atoms. The average molecular weight is 231 g/mol. The van der Waals surface area contributed by atoms with Gasteiger partial charge in [-0.05, 0) is 25.2 Å². The number of ether oxygens (including phenoxy) is 1. The zero-order chi connectivity index (χ0) is 12.6. The largest absolute Gasteiger partial charge is 0.481 e. The zero-order valence-corrected chi connectivity index (χ0v) is 9.94. The molecular weight excluding hydrogens is 210 g/mol. The number of nitrogens with two attached hydrogens (primary N) is 1. The van der Waals surface area contributed by atoms with E-state index in [-0.39, 0.29) is 24.3 Å². The number of carboxylic acids is 1. The zero-order valence-electron chi connectivity index (χ0n) is 9.94. The van der Waals surface area contributed by atoms with E-state index in [2.05, 4.69) is 0 Å². The predicted octanol–water partition coefficient (Wildman–Crippen LogP) is 1.16. The Morgan fingerprint density at radius 1 is 1.44 bits per heavy atom. The highest BCUT2D eigenvalue weighted by Gasteiger charge is 2.18. The van der Waals surface area contributed by atoms with Gasteiger partial charge in [0.05, 0.1) is 0 Å². The SMILES string of the molecule is CC(C)CC(=O)O.NC(=O)C1CCCCO1. The molecule has 0 aromatic carbocycles. The minimum atomic E-state index is -0.713. The Balaban J connectivity index is 0.000000293. The van der Waals surface area contributed by atoms with Gasteiger partial charge in [0, 0.05) is 13.0 Å². The van der Waals surface area contributed by atoms with E-state index >= 15 is 0 Å². The van der Waals surface area contributed by atoms with Gasteiger partial charge >= 0.3 is 5.97 Å². The summed E-state index contributed by atoms with van der Waals surface area (Å²) in [6.45, 7) is 4.45. The summed E-state index contributed by atoms with van der Waals surface area (Å²) in [4.78, 5) is 20.3. The number of primary amides is 1. The van der Waals surface area contributed by atoms with Crippen molar-refractivity contribution in [3.05, 3.63) is 0 Å². The molecule has 1 saturated heterocycles. The summed E-state index contributed by atoms with van der Waals surface area (Å²) in [5.41, 5.74) is 5.00. The lowest BCUT2D eigenvalue weighted by molar-refractivity contribution is -0.137. The van der Waals surface area contributed by atoms with Crippen LogP contribution in [0.3, 0.4) is 0 Å². The monoisotopic (exact) mass is 231 g/mol. The van der Waals surface area contributed by atoms with E-state index in [4.69, 9.17) is 15.6 Å². The smallest absolute Gasteiger partial charge is 0.303 e. The van der Waals surface area contributed by atoms with Crippen LogP contribution in [-0.4, -0.2) is 29.7 Å². The molecule has 0 radical (unpaired) electrons. The number of carbonyl (C=O) groups excluding carboxylic acids is 1. The standard InChI is InChI=1S/C6H11NO2.C5H10O2/c7-6(8)5-3-1-2-4-9-5;1-4(2)3-5(6)7/h5H,1-4H2,(H2,7,8);4H,3H2,1-2H3,(H,6,7). The van der Waals surface area contributed by atoms with Gasteiger partial charge in [-0.3, -0.25) is 9.59 Å². The summed E-state index contributed by atoms with van der Waals surface area (Å²) in [6, 6.07) is 0. The van der Waals surface area contributed by atoms with Gasteiger partial charge in [0.2, 0.25) is 5.91 Å². The van der Waals surface area contributed by atoms with E-state index in [9.17, 15) is 9.59 Å². The summed E-state index contributed by atoms with van der Waals surface area (Å²) < 4.78 is 5.06. The summed E-state index contributed by atoms with van der Waals surface area (Å²) in [6.07, 6.45) is 2.89. The normalized spacial score (nSPS) is 19.8. The van der Waals surface area contributed by atoms with Crippen molar-refractivity contribution in [2.45, 2.75) is 45.6 Å². The van der Waals surface area contributed by atoms with Gasteiger partial charge in [-0.15, -0.1) is 0 Å². The minimum absolute atomic E-state index is 0.275. The average Bonchev–Trinajstić information content (AvgIpc) is 2.17. The topological polar surface area (TPSA) is 89.6 Å². The fourth-order valence-electron chi connectivity index (χ4n) is 1.31. The van der Waals surface area contributed by atoms with E-state index in [1.807, 2.05) is 13.8 Å². The van der Waals surface area contributed by atoms with Gasteiger partial charge in [-0.1, -0.05) is 13.8 Å². The van der Waals surface area contributed by atoms with E-state index in [0.29, 0.717) is 6.61 Å². The van der Waals surface area contributed by atoms with Crippen molar-refractivity contribution >= 4 is 11.9 Å². The van der Waals surface area contributed by atoms with Crippen LogP contribution in [-0.2, 0) is 14.3 Å². The fourth-order valence-corrected chi connectivity index (χ4v) is 1.31. The van der Waals surface area contributed by atoms with E-state index < -0.39 is 5.97 Å². The lowest BCUT2D eigenvalue weighted by atomic mass is 10.1. The van der Waals surface area contributed by atoms with Crippen molar-refractivity contribution in [1.82, 2.24) is 0 Å². The van der Waals surface area contributed by atoms with Crippen LogP contribution in [0, 0.1) is 5.92 Å². The number of amides is 1. The Morgan fingerprint density at radius 2 is 2.06 bits per heavy atom. The first-order valence-corrected chi connectivity index (χ1v) is 5.56. The molecule has 5 heteroatoms. The summed E-state index contributed by atoms with van der Waals surface area (Å²) in [7, 11) is 0. The highest BCUT2D eigenvalue weighted by Crippen LogP contribution is 2.11. The molecule has 0 spiro atoms. The Morgan fingerprint density at radius 3 is 2.25 bits per heavy atom. The Hall–Kier alpha value is -1.10. The van der Waals surface area contributed by atoms with Crippen LogP contribution in [0.15, 0.2) is 0 Å². The second-order valence-electron chi connectivity index (χ2n) is 4.25. The molecule has 1 amide bonds. The number of hydrogen-bond acceptors (Lipinski definition) is 3. The second kappa shape index (κ2) is 8.10. The van der Waals surface area contributed by atoms with E-state index in [1.54, 1.807) is 0 Å². The quantitative estimate of drug-likeness (QED) is 0.762. The lowest BCUT2D eigenvalue weighted by Gasteiger charge is -2.18. The van der Waals surface area contributed by atoms with E-state index in [0.717, 1.165) is 19.3 Å². The van der Waals surface area contributed by atoms with Gasteiger partial charge in [0.15, 0.2) is 0 Å². The summed E-state index contributed by atoms with van der Waals surface area (Å²) in [5.74, 6) is -0.762. The van der Waals surface area contributed by atoms with Gasteiger partial charge in [0.1, 0.15) is 6.10 Å². The van der Waals surface area contributed by atoms with Crippen molar-refractivity contribution in [1.29, 1.82) is 0 Å². The van der Waals surface area contributed by atoms with Crippen LogP contribution in [0.4, 0.5) is 0 Å². The Kier molecular flexibility index (Phi) is 7.54. The third-order valence-electron chi connectivity index (χ3n) is 2.08. The maximum absolute atomic E-state index is 10.5. The molecule has 3 N–H and O–H groups in total. The molecule has 1 rings (SSSR count). The number of carbonyl (C=O) groups is 2. The molecule has 94 valence electrons. The molecular formula is C11H21NO4. The molecule has 1 fully saturated rings. The molecule has 1 aliphatic rings. The van der Waals surface area contributed by atoms with Crippen LogP contribution in [0.5, 0.6) is 0 Å². The molecule has 0 aromatic rings. The Labute approximate surface area is 96.0 Å². The molecule has 16 heavy (non-hydrogen) atoms. The van der Waals surface area contributed by atoms with E-state index in [1.165, 1.54) is 0 Å². The second-order valence-corrected chi connectivity index (χ2v) is 4.25. The van der Waals surface area contributed by atoms with Crippen molar-refractivity contribution in [3.63, 3.8) is 0 Å². The third-order valence-corrected chi connectivity index (χ3v) is 2.08. The van der Waals surface area contributed by atoms with Crippen LogP contribution < -0.4 is 5.73 Å². The molecule has 1 heterocycles. The van der Waals surface area contributed by atoms with Gasteiger partial charge in [-0.2, -0.15) is 0 Å². The van der Waals surface area contributed by atoms with Crippen molar-refractivity contribution < 1.29 is 19.4 Å². The Bertz CT molecular complexity index is 222. The molecule has 1 aliphatic heterocycles. The molecule has 1 unspecified atom stereocenters. The van der Waals surface area contributed by atoms with Crippen LogP contribution in [0.25, 0.3) is 0 Å². The first kappa shape index (κ1) is 14.9. The maximum Gasteiger partial charge on any atom is 0.303 e. The lowest BCUT2D eigenvalue weighted by Crippen LogP contribution is -2.33. The van der Waals surface area contributed by atoms with Crippen molar-refractivity contribution in [2.24, 2.45) is 11.7 Å². The highest BCUT2D eigenvalue weighted by molar-refractivity contribution is 5.78. The fraction of sp³-hybridized carbons (Fsp3) is 0.818. The number of carboxylic acid groups (broad SMARTS) is 1. The summed E-state index contributed by atoms with van der Waals surface area (Å²) >= 11 is 0. The van der Waals surface area contributed by atoms with Crippen LogP contribution in [0.1, 0.15) is 39.5 Å². The van der Waals surface area contributed by atoms with Crippen LogP contribution in [0.2, 0.25) is 0 Å². The molecule has 5 nitrogen and oxygen atoms in total. The summed E-state index contributed by atoms with van der Waals surface area (Å²) in [5, 5.41) is 8.08. The highest BCUT2D eigenvalue weighted by atomic mass is 16.5. The van der Waals surface area contributed by atoms with Crippen LogP contribution >= 0.6 is 0 Å². The number of rotatable bonds is 3. The van der Waals surface area contributed by atoms with Crippen molar-refractivity contribution in [2.75, 3.05) is 6.61 Å². The van der Waals surface area contributed by atoms with Crippen molar-refractivity contribution in [3.8, 4) is 0 Å². The number of hydrogen-bond donors (Lipinski definition) is 2. The first-order valence-electron chi connectivity index (χ1n) is 5.56. The first-order chi connectivity index (χ1) is 7.43. The molecule has 0 aliphatic carbocycles. The molecule has 0 aromatic heterocycles. The van der Waals surface area contributed by atoms with Gasteiger partial charge in [-0.25, -0.2) is 0 Å². The van der Waals surface area contributed by atoms with Gasteiger partial charge < -0.3 is 15.6 Å². The number of aliphatic carboxylic acids is 1. The minimum Gasteiger partial charge on any atom is -0.481 e. The third kappa shape index (κ3) is 8.23. The molecule has 1 atom stereocenters. The predicted molar refractivity (Wildman–Crippen MR) is 59.9 cm³/mol.